The van der Waals surface area contributed by atoms with Gasteiger partial charge in [-0.2, -0.15) is 11.8 Å². The van der Waals surface area contributed by atoms with Crippen LogP contribution in [0.2, 0.25) is 0 Å². The van der Waals surface area contributed by atoms with E-state index in [2.05, 4.69) is 24.9 Å². The Bertz CT molecular complexity index is 233. The maximum Gasteiger partial charge on any atom is 0.0934 e. The predicted octanol–water partition coefficient (Wildman–Crippen LogP) is 4.38. The second-order valence-electron chi connectivity index (χ2n) is 5.61. The van der Waals surface area contributed by atoms with Gasteiger partial charge in [-0.25, -0.2) is 0 Å². The van der Waals surface area contributed by atoms with Crippen molar-refractivity contribution in [1.82, 2.24) is 0 Å². The number of rotatable bonds is 3. The van der Waals surface area contributed by atoms with Crippen LogP contribution in [0.4, 0.5) is 0 Å². The van der Waals surface area contributed by atoms with Gasteiger partial charge in [-0.1, -0.05) is 13.3 Å². The van der Waals surface area contributed by atoms with Gasteiger partial charge in [0.2, 0.25) is 0 Å². The molecule has 0 amide bonds. The van der Waals surface area contributed by atoms with E-state index < -0.39 is 0 Å². The fraction of sp³-hybridized carbons (Fsp3) is 0.857. The van der Waals surface area contributed by atoms with Crippen molar-refractivity contribution in [2.24, 2.45) is 5.41 Å². The number of allylic oxidation sites excluding steroid dienone is 1. The summed E-state index contributed by atoms with van der Waals surface area (Å²) in [6.45, 7) is 3.29. The Morgan fingerprint density at radius 3 is 2.75 bits per heavy atom. The first-order valence-corrected chi connectivity index (χ1v) is 7.81. The van der Waals surface area contributed by atoms with Gasteiger partial charge in [-0.05, 0) is 49.9 Å². The zero-order valence-corrected chi connectivity index (χ0v) is 11.3. The molecule has 1 heterocycles. The Labute approximate surface area is 104 Å². The Morgan fingerprint density at radius 2 is 2.06 bits per heavy atom. The zero-order chi connectivity index (χ0) is 11.3. The molecule has 1 aliphatic heterocycles. The minimum Gasteiger partial charge on any atom is -0.501 e. The van der Waals surface area contributed by atoms with Crippen molar-refractivity contribution < 1.29 is 4.74 Å². The molecule has 1 saturated carbocycles. The van der Waals surface area contributed by atoms with E-state index in [4.69, 9.17) is 4.74 Å². The maximum atomic E-state index is 5.84. The van der Waals surface area contributed by atoms with Gasteiger partial charge in [0.05, 0.1) is 12.9 Å². The van der Waals surface area contributed by atoms with Crippen LogP contribution in [0, 0.1) is 5.41 Å². The summed E-state index contributed by atoms with van der Waals surface area (Å²) in [6.07, 6.45) is 11.4. The van der Waals surface area contributed by atoms with Crippen LogP contribution in [0.25, 0.3) is 0 Å². The van der Waals surface area contributed by atoms with Crippen LogP contribution in [0.1, 0.15) is 51.9 Å². The highest BCUT2D eigenvalue weighted by molar-refractivity contribution is 7.99. The fourth-order valence-electron chi connectivity index (χ4n) is 2.59. The molecular formula is C14H24OS. The third kappa shape index (κ3) is 3.73. The highest BCUT2D eigenvalue weighted by Crippen LogP contribution is 2.34. The molecule has 16 heavy (non-hydrogen) atoms. The molecule has 0 N–H and O–H groups in total. The Hall–Kier alpha value is -0.110. The minimum absolute atomic E-state index is 0.425. The normalized spacial score (nSPS) is 31.2. The molecule has 2 rings (SSSR count). The summed E-state index contributed by atoms with van der Waals surface area (Å²) in [7, 11) is 0. The molecular weight excluding hydrogens is 216 g/mol. The predicted molar refractivity (Wildman–Crippen MR) is 71.8 cm³/mol. The molecule has 92 valence electrons. The van der Waals surface area contributed by atoms with Crippen molar-refractivity contribution in [3.8, 4) is 0 Å². The van der Waals surface area contributed by atoms with Crippen molar-refractivity contribution >= 4 is 11.8 Å². The number of hydrogen-bond donors (Lipinski definition) is 0. The topological polar surface area (TPSA) is 9.23 Å². The summed E-state index contributed by atoms with van der Waals surface area (Å²) in [4.78, 5) is 0. The van der Waals surface area contributed by atoms with E-state index in [0.29, 0.717) is 5.41 Å². The molecule has 0 aromatic heterocycles. The summed E-state index contributed by atoms with van der Waals surface area (Å²) in [5, 5.41) is 0. The summed E-state index contributed by atoms with van der Waals surface area (Å²) in [5.74, 6) is 2.62. The highest BCUT2D eigenvalue weighted by atomic mass is 32.2. The maximum absolute atomic E-state index is 5.84. The smallest absolute Gasteiger partial charge is 0.0934 e. The van der Waals surface area contributed by atoms with Gasteiger partial charge in [-0.15, -0.1) is 0 Å². The molecule has 1 atom stereocenters. The average Bonchev–Trinajstić information content (AvgIpc) is 2.31. The van der Waals surface area contributed by atoms with Crippen molar-refractivity contribution in [1.29, 1.82) is 0 Å². The van der Waals surface area contributed by atoms with Crippen LogP contribution >= 0.6 is 11.8 Å². The van der Waals surface area contributed by atoms with E-state index in [9.17, 15) is 0 Å². The van der Waals surface area contributed by atoms with Gasteiger partial charge in [-0.3, -0.25) is 0 Å². The molecule has 0 bridgehead atoms. The second-order valence-corrected chi connectivity index (χ2v) is 6.72. The molecule has 1 nitrogen and oxygen atoms in total. The molecule has 2 heteroatoms. The van der Waals surface area contributed by atoms with Crippen molar-refractivity contribution in [3.05, 3.63) is 11.8 Å². The SMILES string of the molecule is CC1(COC=C2CCCCC2)CCCSC1. The van der Waals surface area contributed by atoms with Gasteiger partial charge >= 0.3 is 0 Å². The minimum atomic E-state index is 0.425. The molecule has 1 aliphatic carbocycles. The van der Waals surface area contributed by atoms with Gasteiger partial charge < -0.3 is 4.74 Å². The first-order valence-electron chi connectivity index (χ1n) is 6.66. The Morgan fingerprint density at radius 1 is 1.25 bits per heavy atom. The van der Waals surface area contributed by atoms with Crippen LogP contribution in [0.3, 0.4) is 0 Å². The lowest BCUT2D eigenvalue weighted by Crippen LogP contribution is -2.28. The van der Waals surface area contributed by atoms with Crippen molar-refractivity contribution in [2.75, 3.05) is 18.1 Å². The van der Waals surface area contributed by atoms with E-state index >= 15 is 0 Å². The molecule has 2 fully saturated rings. The number of thioether (sulfide) groups is 1. The van der Waals surface area contributed by atoms with E-state index in [-0.39, 0.29) is 0 Å². The molecule has 0 aromatic rings. The van der Waals surface area contributed by atoms with E-state index in [0.717, 1.165) is 6.61 Å². The van der Waals surface area contributed by atoms with E-state index in [1.807, 2.05) is 0 Å². The lowest BCUT2D eigenvalue weighted by Gasteiger charge is -2.32. The number of ether oxygens (including phenoxy) is 1. The van der Waals surface area contributed by atoms with Crippen LogP contribution in [0.15, 0.2) is 11.8 Å². The Kier molecular flexibility index (Phi) is 4.63. The first kappa shape index (κ1) is 12.3. The molecule has 1 unspecified atom stereocenters. The lowest BCUT2D eigenvalue weighted by atomic mass is 9.88. The average molecular weight is 240 g/mol. The van der Waals surface area contributed by atoms with Gasteiger partial charge in [0.25, 0.3) is 0 Å². The Balaban J connectivity index is 1.73. The largest absolute Gasteiger partial charge is 0.501 e. The van der Waals surface area contributed by atoms with E-state index in [1.54, 1.807) is 5.57 Å². The fourth-order valence-corrected chi connectivity index (χ4v) is 3.80. The summed E-state index contributed by atoms with van der Waals surface area (Å²) in [6, 6.07) is 0. The van der Waals surface area contributed by atoms with Crippen LogP contribution in [-0.4, -0.2) is 18.1 Å². The first-order chi connectivity index (χ1) is 7.79. The highest BCUT2D eigenvalue weighted by Gasteiger charge is 2.27. The lowest BCUT2D eigenvalue weighted by molar-refractivity contribution is 0.128. The summed E-state index contributed by atoms with van der Waals surface area (Å²) < 4.78 is 5.84. The monoisotopic (exact) mass is 240 g/mol. The second kappa shape index (κ2) is 6.00. The van der Waals surface area contributed by atoms with Gasteiger partial charge in [0.15, 0.2) is 0 Å². The summed E-state index contributed by atoms with van der Waals surface area (Å²) >= 11 is 2.09. The van der Waals surface area contributed by atoms with Gasteiger partial charge in [0, 0.05) is 11.2 Å². The molecule has 0 aromatic carbocycles. The molecule has 0 radical (unpaired) electrons. The van der Waals surface area contributed by atoms with Crippen molar-refractivity contribution in [2.45, 2.75) is 51.9 Å². The molecule has 2 aliphatic rings. The summed E-state index contributed by atoms with van der Waals surface area (Å²) in [5.41, 5.74) is 1.97. The van der Waals surface area contributed by atoms with Crippen molar-refractivity contribution in [3.63, 3.8) is 0 Å². The number of hydrogen-bond acceptors (Lipinski definition) is 2. The zero-order valence-electron chi connectivity index (χ0n) is 10.5. The molecule has 0 spiro atoms. The third-order valence-electron chi connectivity index (χ3n) is 3.70. The van der Waals surface area contributed by atoms with Crippen LogP contribution < -0.4 is 0 Å². The van der Waals surface area contributed by atoms with E-state index in [1.165, 1.54) is 56.5 Å². The van der Waals surface area contributed by atoms with Crippen LogP contribution in [-0.2, 0) is 4.74 Å². The van der Waals surface area contributed by atoms with Crippen LogP contribution in [0.5, 0.6) is 0 Å². The molecule has 1 saturated heterocycles. The third-order valence-corrected chi connectivity index (χ3v) is 5.18. The quantitative estimate of drug-likeness (QED) is 0.677. The van der Waals surface area contributed by atoms with Gasteiger partial charge in [0.1, 0.15) is 0 Å². The standard InChI is InChI=1S/C14H24OS/c1-14(8-5-9-16-12-14)11-15-10-13-6-3-2-4-7-13/h10H,2-9,11-12H2,1H3.